The Morgan fingerprint density at radius 3 is 1.05 bits per heavy atom. The van der Waals surface area contributed by atoms with Gasteiger partial charge in [0.2, 0.25) is 47.3 Å². The second kappa shape index (κ2) is 38.0. The molecule has 4 atom stereocenters. The first-order valence-electron chi connectivity index (χ1n) is 24.7. The van der Waals surface area contributed by atoms with Gasteiger partial charge in [-0.15, -0.1) is 0 Å². The van der Waals surface area contributed by atoms with E-state index in [1.165, 1.54) is 48.5 Å². The molecule has 34 heteroatoms. The van der Waals surface area contributed by atoms with Crippen molar-refractivity contribution in [1.82, 2.24) is 42.5 Å². The second-order valence-corrected chi connectivity index (χ2v) is 20.1. The molecule has 0 aliphatic rings. The van der Waals surface area contributed by atoms with Crippen LogP contribution < -0.4 is 52.7 Å². The second-order valence-electron chi connectivity index (χ2n) is 17.3. The van der Waals surface area contributed by atoms with Crippen LogP contribution in [0.5, 0.6) is 0 Å². The molecule has 0 radical (unpaired) electrons. The number of hydroxylamine groups is 2. The lowest BCUT2D eigenvalue weighted by Crippen LogP contribution is -2.50. The van der Waals surface area contributed by atoms with Crippen LogP contribution >= 0.6 is 46.7 Å². The number of hydrogen-bond acceptors (Lipinski definition) is 18. The van der Waals surface area contributed by atoms with Gasteiger partial charge in [0.1, 0.15) is 37.3 Å². The number of halogens is 2. The number of benzene rings is 2. The molecule has 14 N–H and O–H groups in total. The number of nitrogens with one attached hydrogen (secondary N) is 8. The summed E-state index contributed by atoms with van der Waals surface area (Å²) < 4.78 is 0. The minimum atomic E-state index is -1.58. The first-order valence-corrected chi connectivity index (χ1v) is 27.5. The molecule has 0 spiro atoms. The Bertz CT molecular complexity index is 2410. The normalized spacial score (nSPS) is 12.1. The monoisotopic (exact) mass is 1230 g/mol. The van der Waals surface area contributed by atoms with Gasteiger partial charge in [-0.2, -0.15) is 10.1 Å². The standard InChI is InChI=1S/C48H62Cl2N10O20S2/c49-27-7-11-29(12-8-27)59(79)47(77)81-25-33(43(71)53-23-41(67)68)57-37(63)17-15-31(45(73)74)55-39(65)19-21-51-35(61)5-3-1-2-4-6-36(62)52-22-20-40(66)56-32(46(75)76)16-18-38(64)58-34(44(72)54-24-42(69)70)26-82-48(78)60(80)30-13-9-28(50)10-14-30/h7-14,31-34,79-80H,1-6,15-26H2,(H,51,61)(H,52,62)(H,53,71)(H,54,72)(H,55,65)(H,56,66)(H,57,63)(H,58,64)(H,67,68)(H,69,70)(H,73,74)(H,75,76)/t31-,32-,33-,34-/m0/s1. The summed E-state index contributed by atoms with van der Waals surface area (Å²) in [6.45, 7) is -1.99. The third kappa shape index (κ3) is 29.6. The highest BCUT2D eigenvalue weighted by Crippen LogP contribution is 2.22. The van der Waals surface area contributed by atoms with E-state index in [0.717, 1.165) is 0 Å². The van der Waals surface area contributed by atoms with Gasteiger partial charge in [0.25, 0.3) is 0 Å². The number of carboxylic acids is 4. The number of unbranched alkanes of at least 4 members (excludes halogenated alkanes) is 3. The molecule has 0 aliphatic heterocycles. The van der Waals surface area contributed by atoms with Gasteiger partial charge in [0, 0.05) is 73.2 Å². The fourth-order valence-electron chi connectivity index (χ4n) is 6.61. The topological polar surface area (TPSA) is 463 Å². The van der Waals surface area contributed by atoms with Crippen molar-refractivity contribution in [3.8, 4) is 0 Å². The largest absolute Gasteiger partial charge is 0.480 e. The Balaban J connectivity index is 1.68. The number of nitrogens with zero attached hydrogens (tertiary/aromatic N) is 2. The molecule has 0 fully saturated rings. The molecule has 0 bridgehead atoms. The lowest BCUT2D eigenvalue weighted by molar-refractivity contribution is -0.142. The zero-order chi connectivity index (χ0) is 61.3. The molecule has 0 heterocycles. The van der Waals surface area contributed by atoms with Crippen LogP contribution in [-0.4, -0.2) is 174 Å². The van der Waals surface area contributed by atoms with Crippen molar-refractivity contribution in [2.75, 3.05) is 47.8 Å². The first-order chi connectivity index (χ1) is 38.7. The fraction of sp³-hybridized carbons (Fsp3) is 0.458. The first kappa shape index (κ1) is 70.3. The van der Waals surface area contributed by atoms with Gasteiger partial charge in [0.15, 0.2) is 0 Å². The molecule has 0 aromatic heterocycles. The van der Waals surface area contributed by atoms with E-state index in [2.05, 4.69) is 42.5 Å². The molecule has 0 unspecified atom stereocenters. The predicted molar refractivity (Wildman–Crippen MR) is 293 cm³/mol. The summed E-state index contributed by atoms with van der Waals surface area (Å²) in [5.41, 5.74) is 0.0593. The number of aliphatic carboxylic acids is 4. The van der Waals surface area contributed by atoms with Crippen LogP contribution in [0.1, 0.15) is 77.0 Å². The molecule has 0 aliphatic carbocycles. The Morgan fingerprint density at radius 2 is 0.732 bits per heavy atom. The molecule has 2 rings (SSSR count). The van der Waals surface area contributed by atoms with E-state index in [9.17, 15) is 87.8 Å². The Labute approximate surface area is 485 Å². The highest BCUT2D eigenvalue weighted by molar-refractivity contribution is 8.14. The van der Waals surface area contributed by atoms with Crippen molar-refractivity contribution in [3.63, 3.8) is 0 Å². The molecule has 0 saturated heterocycles. The maximum absolute atomic E-state index is 12.8. The van der Waals surface area contributed by atoms with E-state index in [1.807, 2.05) is 0 Å². The van der Waals surface area contributed by atoms with Gasteiger partial charge in [-0.1, -0.05) is 59.6 Å². The molecular formula is C48H62Cl2N10O20S2. The lowest BCUT2D eigenvalue weighted by Gasteiger charge is -2.20. The van der Waals surface area contributed by atoms with E-state index in [1.54, 1.807) is 0 Å². The van der Waals surface area contributed by atoms with Gasteiger partial charge in [-0.3, -0.25) is 67.9 Å². The SMILES string of the molecule is O=C(O)CNC(=O)[C@H](CSC(=O)N(O)c1ccc(Cl)cc1)NC(=O)CC[C@H](NC(=O)CCNC(=O)CCCCCCC(=O)NCCC(=O)N[C@@H](CCC(=O)N[C@@H](CSC(=O)N(O)c1ccc(Cl)cc1)C(=O)NCC(=O)O)C(=O)O)C(=O)O. The van der Waals surface area contributed by atoms with Crippen LogP contribution in [0.4, 0.5) is 21.0 Å². The van der Waals surface area contributed by atoms with Crippen LogP contribution in [0.3, 0.4) is 0 Å². The van der Waals surface area contributed by atoms with Crippen molar-refractivity contribution in [2.24, 2.45) is 0 Å². The van der Waals surface area contributed by atoms with Gasteiger partial charge >= 0.3 is 34.4 Å². The highest BCUT2D eigenvalue weighted by atomic mass is 35.5. The summed E-state index contributed by atoms with van der Waals surface area (Å²) in [5, 5.41) is 75.1. The van der Waals surface area contributed by atoms with Crippen molar-refractivity contribution in [1.29, 1.82) is 0 Å². The lowest BCUT2D eigenvalue weighted by atomic mass is 10.1. The van der Waals surface area contributed by atoms with Crippen molar-refractivity contribution in [3.05, 3.63) is 58.6 Å². The van der Waals surface area contributed by atoms with Crippen LogP contribution in [0.25, 0.3) is 0 Å². The highest BCUT2D eigenvalue weighted by Gasteiger charge is 2.29. The van der Waals surface area contributed by atoms with E-state index < -0.39 is 156 Å². The number of carboxylic acid groups (broad SMARTS) is 4. The van der Waals surface area contributed by atoms with Gasteiger partial charge in [-0.05, 0) is 74.2 Å². The fourth-order valence-corrected chi connectivity index (χ4v) is 8.40. The molecule has 10 amide bonds. The average Bonchev–Trinajstić information content (AvgIpc) is 3.43. The molecule has 2 aromatic carbocycles. The summed E-state index contributed by atoms with van der Waals surface area (Å²) in [4.78, 5) is 172. The number of thioether (sulfide) groups is 2. The number of carbonyl (C=O) groups excluding carboxylic acids is 10. The predicted octanol–water partition coefficient (Wildman–Crippen LogP) is 1.21. The van der Waals surface area contributed by atoms with Gasteiger partial charge in [-0.25, -0.2) is 9.59 Å². The quantitative estimate of drug-likeness (QED) is 0.0257. The zero-order valence-corrected chi connectivity index (χ0v) is 46.7. The van der Waals surface area contributed by atoms with Gasteiger partial charge < -0.3 is 63.0 Å². The zero-order valence-electron chi connectivity index (χ0n) is 43.5. The minimum absolute atomic E-state index is 0.0296. The van der Waals surface area contributed by atoms with E-state index in [4.69, 9.17) is 33.4 Å². The average molecular weight is 1230 g/mol. The van der Waals surface area contributed by atoms with E-state index in [-0.39, 0.29) is 60.3 Å². The molecule has 450 valence electrons. The summed E-state index contributed by atoms with van der Waals surface area (Å²) in [6, 6.07) is 4.73. The summed E-state index contributed by atoms with van der Waals surface area (Å²) >= 11 is 12.4. The van der Waals surface area contributed by atoms with Crippen LogP contribution in [-0.2, 0) is 57.5 Å². The smallest absolute Gasteiger partial charge is 0.326 e. The van der Waals surface area contributed by atoms with Crippen molar-refractivity contribution >= 4 is 140 Å². The van der Waals surface area contributed by atoms with Crippen LogP contribution in [0, 0.1) is 0 Å². The number of carbonyl (C=O) groups is 14. The summed E-state index contributed by atoms with van der Waals surface area (Å²) in [7, 11) is 0. The Morgan fingerprint density at radius 1 is 0.415 bits per heavy atom. The molecule has 2 aromatic rings. The third-order valence-corrected chi connectivity index (χ3v) is 13.2. The molecule has 82 heavy (non-hydrogen) atoms. The maximum Gasteiger partial charge on any atom is 0.326 e. The number of amides is 10. The molecule has 30 nitrogen and oxygen atoms in total. The van der Waals surface area contributed by atoms with Crippen molar-refractivity contribution in [2.45, 2.75) is 101 Å². The Hall–Kier alpha value is -7.78. The number of hydrogen-bond donors (Lipinski definition) is 14. The third-order valence-electron chi connectivity index (χ3n) is 10.9. The maximum atomic E-state index is 12.8. The van der Waals surface area contributed by atoms with Gasteiger partial charge in [0.05, 0.1) is 11.4 Å². The molecular weight excluding hydrogens is 1170 g/mol. The van der Waals surface area contributed by atoms with E-state index in [0.29, 0.717) is 59.3 Å². The van der Waals surface area contributed by atoms with Crippen LogP contribution in [0.15, 0.2) is 48.5 Å². The van der Waals surface area contributed by atoms with E-state index >= 15 is 0 Å². The molecule has 0 saturated carbocycles. The van der Waals surface area contributed by atoms with Crippen molar-refractivity contribution < 1.29 is 98.0 Å². The summed E-state index contributed by atoms with van der Waals surface area (Å²) in [6.07, 6.45) is -0.672. The number of rotatable bonds is 37. The van der Waals surface area contributed by atoms with Crippen LogP contribution in [0.2, 0.25) is 10.0 Å². The number of anilines is 2. The minimum Gasteiger partial charge on any atom is -0.480 e. The summed E-state index contributed by atoms with van der Waals surface area (Å²) in [5.74, 6) is -13.0. The Kier molecular flexibility index (Phi) is 32.6.